The van der Waals surface area contributed by atoms with Crippen molar-refractivity contribution in [3.05, 3.63) is 87.7 Å². The lowest BCUT2D eigenvalue weighted by atomic mass is 9.63. The fraction of sp³-hybridized carbons (Fsp3) is 0.444. The third-order valence-electron chi connectivity index (χ3n) is 8.84. The second-order valence-corrected chi connectivity index (χ2v) is 15.9. The number of halogens is 1. The van der Waals surface area contributed by atoms with Crippen LogP contribution in [0.4, 0.5) is 0 Å². The molecule has 7 nitrogen and oxygen atoms in total. The quantitative estimate of drug-likeness (QED) is 0.201. The summed E-state index contributed by atoms with van der Waals surface area (Å²) in [5, 5.41) is 0.400. The molecule has 3 aliphatic rings. The van der Waals surface area contributed by atoms with Crippen LogP contribution in [0.5, 0.6) is 11.5 Å². The lowest BCUT2D eigenvalue weighted by molar-refractivity contribution is -0.119. The van der Waals surface area contributed by atoms with Crippen molar-refractivity contribution in [3.8, 4) is 11.5 Å². The van der Waals surface area contributed by atoms with Crippen LogP contribution in [0.15, 0.2) is 76.5 Å². The number of rotatable bonds is 9. The lowest BCUT2D eigenvalue weighted by Gasteiger charge is -2.49. The minimum Gasteiger partial charge on any atom is -0.493 e. The first-order valence-electron chi connectivity index (χ1n) is 15.4. The van der Waals surface area contributed by atoms with Gasteiger partial charge in [-0.05, 0) is 72.4 Å². The molecule has 0 N–H and O–H groups in total. The molecule has 1 heterocycles. The summed E-state index contributed by atoms with van der Waals surface area (Å²) in [6.07, 6.45) is 4.98. The highest BCUT2D eigenvalue weighted by molar-refractivity contribution is 7.87. The molecule has 45 heavy (non-hydrogen) atoms. The Bertz CT molecular complexity index is 1680. The number of Topliss-reactive ketones (excluding diaryl/α,β-unsaturated/α-hetero) is 2. The van der Waals surface area contributed by atoms with Gasteiger partial charge in [-0.25, -0.2) is 0 Å². The number of hydrogen-bond acceptors (Lipinski definition) is 7. The summed E-state index contributed by atoms with van der Waals surface area (Å²) in [6.45, 7) is 15.2. The van der Waals surface area contributed by atoms with E-state index in [1.807, 2.05) is 6.07 Å². The summed E-state index contributed by atoms with van der Waals surface area (Å²) in [5.41, 5.74) is 4.05. The SMILES string of the molecule is C=CCc1cc(C2C3=C(CC(C)(C)CC3=O)N(CCC)C3=C2C(=O)CC(C)(C)C3)cc(OC)c1OS(=O)(=O)c1ccc(Cl)cc1. The molecule has 9 heteroatoms. The fourth-order valence-electron chi connectivity index (χ4n) is 7.04. The van der Waals surface area contributed by atoms with Crippen molar-refractivity contribution >= 4 is 33.3 Å². The zero-order chi connectivity index (χ0) is 32.9. The zero-order valence-electron chi connectivity index (χ0n) is 27.0. The number of ether oxygens (including phenoxy) is 1. The van der Waals surface area contributed by atoms with Crippen LogP contribution in [0.1, 0.15) is 83.8 Å². The molecule has 0 radical (unpaired) electrons. The molecule has 0 fully saturated rings. The van der Waals surface area contributed by atoms with Crippen LogP contribution in [-0.4, -0.2) is 38.5 Å². The summed E-state index contributed by atoms with van der Waals surface area (Å²) in [7, 11) is -2.80. The van der Waals surface area contributed by atoms with Crippen molar-refractivity contribution in [1.82, 2.24) is 4.90 Å². The van der Waals surface area contributed by atoms with Gasteiger partial charge in [-0.1, -0.05) is 58.4 Å². The summed E-state index contributed by atoms with van der Waals surface area (Å²) < 4.78 is 38.2. The van der Waals surface area contributed by atoms with Gasteiger partial charge in [-0.2, -0.15) is 8.42 Å². The lowest BCUT2D eigenvalue weighted by Crippen LogP contribution is -2.44. The van der Waals surface area contributed by atoms with Crippen LogP contribution in [0, 0.1) is 10.8 Å². The molecule has 0 unspecified atom stereocenters. The largest absolute Gasteiger partial charge is 0.493 e. The van der Waals surface area contributed by atoms with Crippen LogP contribution in [0.2, 0.25) is 5.02 Å². The van der Waals surface area contributed by atoms with Crippen LogP contribution in [-0.2, 0) is 26.1 Å². The molecule has 0 aromatic heterocycles. The second-order valence-electron chi connectivity index (χ2n) is 13.9. The Balaban J connectivity index is 1.74. The molecule has 0 spiro atoms. The fourth-order valence-corrected chi connectivity index (χ4v) is 8.14. The highest BCUT2D eigenvalue weighted by Gasteiger charge is 2.49. The van der Waals surface area contributed by atoms with Gasteiger partial charge in [-0.15, -0.1) is 6.58 Å². The first-order chi connectivity index (χ1) is 21.1. The van der Waals surface area contributed by atoms with Crippen LogP contribution in [0.3, 0.4) is 0 Å². The molecular formula is C36H42ClNO6S. The molecule has 0 amide bonds. The van der Waals surface area contributed by atoms with E-state index in [0.717, 1.165) is 24.4 Å². The zero-order valence-corrected chi connectivity index (χ0v) is 28.5. The maximum absolute atomic E-state index is 14.1. The van der Waals surface area contributed by atoms with Gasteiger partial charge in [0.1, 0.15) is 4.90 Å². The van der Waals surface area contributed by atoms with E-state index in [2.05, 4.69) is 46.1 Å². The number of allylic oxidation sites excluding steroid dienone is 5. The van der Waals surface area contributed by atoms with Crippen molar-refractivity contribution in [2.45, 2.75) is 84.0 Å². The Hall–Kier alpha value is -3.36. The highest BCUT2D eigenvalue weighted by Crippen LogP contribution is 2.55. The Morgan fingerprint density at radius 1 is 0.956 bits per heavy atom. The van der Waals surface area contributed by atoms with E-state index in [1.54, 1.807) is 12.1 Å². The molecular weight excluding hydrogens is 610 g/mol. The summed E-state index contributed by atoms with van der Waals surface area (Å²) in [5.74, 6) is -0.308. The second kappa shape index (κ2) is 12.1. The molecule has 2 aromatic carbocycles. The van der Waals surface area contributed by atoms with E-state index in [0.29, 0.717) is 53.0 Å². The third-order valence-corrected chi connectivity index (χ3v) is 10.3. The van der Waals surface area contributed by atoms with Crippen molar-refractivity contribution in [3.63, 3.8) is 0 Å². The van der Waals surface area contributed by atoms with Gasteiger partial charge in [0.15, 0.2) is 23.1 Å². The molecule has 0 atom stereocenters. The molecule has 0 saturated carbocycles. The number of carbonyl (C=O) groups is 2. The van der Waals surface area contributed by atoms with E-state index >= 15 is 0 Å². The Labute approximate surface area is 272 Å². The minimum absolute atomic E-state index is 0.0337. The van der Waals surface area contributed by atoms with Gasteiger partial charge in [0.2, 0.25) is 0 Å². The van der Waals surface area contributed by atoms with E-state index in [9.17, 15) is 18.0 Å². The van der Waals surface area contributed by atoms with E-state index in [-0.39, 0.29) is 45.2 Å². The first-order valence-corrected chi connectivity index (χ1v) is 17.2. The number of ketones is 2. The van der Waals surface area contributed by atoms with Crippen molar-refractivity contribution < 1.29 is 26.9 Å². The normalized spacial score (nSPS) is 19.8. The first kappa shape index (κ1) is 33.0. The van der Waals surface area contributed by atoms with Gasteiger partial charge in [0.05, 0.1) is 7.11 Å². The Morgan fingerprint density at radius 3 is 2.00 bits per heavy atom. The van der Waals surface area contributed by atoms with E-state index in [1.165, 1.54) is 31.4 Å². The Morgan fingerprint density at radius 2 is 1.51 bits per heavy atom. The van der Waals surface area contributed by atoms with Crippen LogP contribution < -0.4 is 8.92 Å². The molecule has 2 aliphatic carbocycles. The topological polar surface area (TPSA) is 90.0 Å². The van der Waals surface area contributed by atoms with Gasteiger partial charge in [0, 0.05) is 58.4 Å². The predicted molar refractivity (Wildman–Crippen MR) is 176 cm³/mol. The van der Waals surface area contributed by atoms with Crippen molar-refractivity contribution in [2.75, 3.05) is 13.7 Å². The molecule has 0 bridgehead atoms. The third kappa shape index (κ3) is 6.36. The van der Waals surface area contributed by atoms with Gasteiger partial charge < -0.3 is 13.8 Å². The summed E-state index contributed by atoms with van der Waals surface area (Å²) in [6, 6.07) is 9.28. The molecule has 5 rings (SSSR count). The smallest absolute Gasteiger partial charge is 0.339 e. The Kier molecular flexibility index (Phi) is 8.88. The van der Waals surface area contributed by atoms with Gasteiger partial charge >= 0.3 is 10.1 Å². The monoisotopic (exact) mass is 651 g/mol. The van der Waals surface area contributed by atoms with Crippen molar-refractivity contribution in [2.24, 2.45) is 10.8 Å². The molecule has 0 saturated heterocycles. The number of nitrogens with zero attached hydrogens (tertiary/aromatic N) is 1. The summed E-state index contributed by atoms with van der Waals surface area (Å²) >= 11 is 5.98. The van der Waals surface area contributed by atoms with Crippen LogP contribution >= 0.6 is 11.6 Å². The van der Waals surface area contributed by atoms with Crippen molar-refractivity contribution in [1.29, 1.82) is 0 Å². The number of carbonyl (C=O) groups excluding carboxylic acids is 2. The number of methoxy groups -OCH3 is 1. The standard InChI is InChI=1S/C36H42ClNO6S/c1-8-10-22-16-23(17-30(43-7)34(22)44-45(41,42)25-13-11-24(37)12-14-25)31-32-26(18-35(3,4)20-28(32)39)38(15-9-2)27-19-36(5,6)21-29(40)33(27)31/h8,11-14,16-17,31H,1,9-10,15,18-21H2,2-7H3. The van der Waals surface area contributed by atoms with E-state index < -0.39 is 16.0 Å². The molecule has 2 aromatic rings. The summed E-state index contributed by atoms with van der Waals surface area (Å²) in [4.78, 5) is 30.4. The average molecular weight is 652 g/mol. The molecule has 1 aliphatic heterocycles. The molecule has 240 valence electrons. The minimum atomic E-state index is -4.24. The maximum Gasteiger partial charge on any atom is 0.339 e. The average Bonchev–Trinajstić information content (AvgIpc) is 2.93. The number of benzene rings is 2. The van der Waals surface area contributed by atoms with Crippen LogP contribution in [0.25, 0.3) is 0 Å². The predicted octanol–water partition coefficient (Wildman–Crippen LogP) is 7.94. The number of hydrogen-bond donors (Lipinski definition) is 0. The van der Waals surface area contributed by atoms with Gasteiger partial charge in [0.25, 0.3) is 0 Å². The highest BCUT2D eigenvalue weighted by atomic mass is 35.5. The van der Waals surface area contributed by atoms with Gasteiger partial charge in [-0.3, -0.25) is 9.59 Å². The van der Waals surface area contributed by atoms with E-state index in [4.69, 9.17) is 20.5 Å². The maximum atomic E-state index is 14.1.